The number of rotatable bonds is 15. The zero-order valence-corrected chi connectivity index (χ0v) is 71.2. The second-order valence-electron chi connectivity index (χ2n) is 33.0. The van der Waals surface area contributed by atoms with Crippen LogP contribution in [0.4, 0.5) is 0 Å². The van der Waals surface area contributed by atoms with Crippen molar-refractivity contribution < 1.29 is 62.1 Å². The van der Waals surface area contributed by atoms with E-state index in [0.717, 1.165) is 77.0 Å². The molecule has 5 saturated carbocycles. The van der Waals surface area contributed by atoms with Gasteiger partial charge in [0, 0.05) is 120 Å². The zero-order chi connectivity index (χ0) is 83.1. The lowest BCUT2D eigenvalue weighted by molar-refractivity contribution is -0.157. The number of nitrogens with zero attached hydrogens (tertiary/aromatic N) is 5. The fourth-order valence-electron chi connectivity index (χ4n) is 18.4. The average molecular weight is 1550 g/mol. The number of methoxy groups -OCH3 is 2. The molecule has 0 aromatic heterocycles. The Labute approximate surface area is 674 Å². The molecule has 11 rings (SSSR count). The first-order valence-electron chi connectivity index (χ1n) is 40.6. The van der Waals surface area contributed by atoms with Crippen molar-refractivity contribution >= 4 is 53.4 Å². The van der Waals surface area contributed by atoms with Crippen molar-refractivity contribution in [2.24, 2.45) is 23.7 Å². The van der Waals surface area contributed by atoms with Crippen LogP contribution >= 0.6 is 0 Å². The van der Waals surface area contributed by atoms with Crippen LogP contribution in [-0.4, -0.2) is 172 Å². The third-order valence-corrected chi connectivity index (χ3v) is 24.6. The van der Waals surface area contributed by atoms with Crippen molar-refractivity contribution in [1.29, 1.82) is 0 Å². The average Bonchev–Trinajstić information content (AvgIpc) is 0.773. The second-order valence-corrected chi connectivity index (χ2v) is 33.0. The van der Waals surface area contributed by atoms with Crippen LogP contribution in [0.5, 0.6) is 0 Å². The summed E-state index contributed by atoms with van der Waals surface area (Å²) in [6, 6.07) is 51.2. The fourth-order valence-corrected chi connectivity index (χ4v) is 18.4. The molecule has 0 heterocycles. The molecule has 0 aliphatic heterocycles. The Balaban J connectivity index is 0.000000196. The number of ether oxygens (including phenoxy) is 4. The summed E-state index contributed by atoms with van der Waals surface area (Å²) in [5, 5.41) is 0. The van der Waals surface area contributed by atoms with Crippen LogP contribution in [0.25, 0.3) is 0 Å². The molecule has 113 heavy (non-hydrogen) atoms. The van der Waals surface area contributed by atoms with Gasteiger partial charge in [0.1, 0.15) is 12.2 Å². The molecule has 0 saturated heterocycles. The first kappa shape index (κ1) is 90.7. The Bertz CT molecular complexity index is 4030. The Morgan fingerprint density at radius 2 is 0.496 bits per heavy atom. The van der Waals surface area contributed by atoms with Crippen LogP contribution in [0.15, 0.2) is 146 Å². The van der Waals surface area contributed by atoms with Gasteiger partial charge in [0.25, 0.3) is 0 Å². The van der Waals surface area contributed by atoms with Gasteiger partial charge in [-0.3, -0.25) is 43.2 Å². The van der Waals surface area contributed by atoms with Crippen LogP contribution in [0, 0.1) is 65.2 Å². The van der Waals surface area contributed by atoms with Crippen molar-refractivity contribution in [3.63, 3.8) is 0 Å². The Kier molecular flexibility index (Phi) is 34.7. The number of hydrogen-bond acceptors (Lipinski definition) is 13. The van der Waals surface area contributed by atoms with Gasteiger partial charge in [-0.05, 0) is 234 Å². The van der Waals surface area contributed by atoms with E-state index in [-0.39, 0.29) is 119 Å². The van der Waals surface area contributed by atoms with E-state index in [1.54, 1.807) is 58.8 Å². The predicted molar refractivity (Wildman–Crippen MR) is 446 cm³/mol. The zero-order valence-electron chi connectivity index (χ0n) is 71.2. The summed E-state index contributed by atoms with van der Waals surface area (Å²) in [7, 11) is 15.7. The predicted octanol–water partition coefficient (Wildman–Crippen LogP) is 16.8. The normalized spacial score (nSPS) is 24.3. The van der Waals surface area contributed by atoms with Crippen LogP contribution < -0.4 is 0 Å². The number of amides is 5. The lowest BCUT2D eigenvalue weighted by atomic mass is 9.71. The molecule has 612 valence electrons. The van der Waals surface area contributed by atoms with Crippen LogP contribution in [0.3, 0.4) is 0 Å². The molecule has 18 heteroatoms. The number of benzene rings is 6. The summed E-state index contributed by atoms with van der Waals surface area (Å²) in [6.45, 7) is 20.5. The first-order chi connectivity index (χ1) is 53.6. The highest BCUT2D eigenvalue weighted by molar-refractivity contribution is 5.83. The molecule has 5 aliphatic carbocycles. The molecule has 6 aromatic carbocycles. The standard InChI is InChI=1S/C23H29NO.2C19H28N2O2.2C17H22O4/c1-16-9-5-7-11-22(16)19-13-20(23-12-8-6-10-17(23)2)15-21(14-19)24(4)18(3)25;1-13-8-6-7-9-17(13)14-10-15(18(22)20(2)3)12-16(11-14)19(23)21(4)5;1-13-8-6-7-9-19(13)16-10-17(20(4)14(2)22)12-18(11-16)21(5)15(3)23;1-11-6-4-5-7-15(11)12-8-13(16(18)20-2)10-14(9-12)17(19)21-3;1-11-6-4-5-7-17(11)14-8-15(20-12(2)18)10-16(9-14)21-13(3)19/h5-12,19-21H,13-15H2,1-4H3;6-9,14-16H,10-12H2,1-5H3;6-9,16-18H,10-12H2,1-5H3;4-7,12-14H,8-10H2,1-3H3;4-7,14-16H,8-10H2,1-3H3. The van der Waals surface area contributed by atoms with Gasteiger partial charge in [0.2, 0.25) is 29.5 Å². The summed E-state index contributed by atoms with van der Waals surface area (Å²) < 4.78 is 20.5. The maximum atomic E-state index is 12.5. The fraction of sp³-hybridized carbons (Fsp3) is 0.526. The Hall–Kier alpha value is -9.45. The number of aryl methyl sites for hydroxylation is 6. The highest BCUT2D eigenvalue weighted by Gasteiger charge is 2.42. The molecule has 5 fully saturated rings. The van der Waals surface area contributed by atoms with Gasteiger partial charge in [-0.2, -0.15) is 0 Å². The summed E-state index contributed by atoms with van der Waals surface area (Å²) >= 11 is 0. The first-order valence-corrected chi connectivity index (χ1v) is 40.6. The third kappa shape index (κ3) is 25.8. The molecule has 0 spiro atoms. The smallest absolute Gasteiger partial charge is 0.308 e. The van der Waals surface area contributed by atoms with Crippen LogP contribution in [0.1, 0.15) is 233 Å². The summed E-state index contributed by atoms with van der Waals surface area (Å²) in [4.78, 5) is 116. The van der Waals surface area contributed by atoms with Crippen molar-refractivity contribution in [3.05, 3.63) is 212 Å². The third-order valence-electron chi connectivity index (χ3n) is 24.6. The molecule has 18 nitrogen and oxygen atoms in total. The topological polar surface area (TPSA) is 207 Å². The minimum Gasteiger partial charge on any atom is -0.469 e. The summed E-state index contributed by atoms with van der Waals surface area (Å²) in [5.74, 6) is 1.05. The van der Waals surface area contributed by atoms with Gasteiger partial charge in [-0.1, -0.05) is 146 Å². The largest absolute Gasteiger partial charge is 0.469 e. The molecular formula is C95H129N5O13. The Morgan fingerprint density at radius 1 is 0.274 bits per heavy atom. The van der Waals surface area contributed by atoms with Crippen molar-refractivity contribution in [1.82, 2.24) is 24.5 Å². The van der Waals surface area contributed by atoms with Gasteiger partial charge in [0.05, 0.1) is 26.1 Å². The van der Waals surface area contributed by atoms with E-state index in [9.17, 15) is 43.2 Å². The van der Waals surface area contributed by atoms with E-state index in [0.29, 0.717) is 43.1 Å². The second kappa shape index (κ2) is 43.2. The highest BCUT2D eigenvalue weighted by Crippen LogP contribution is 2.47. The van der Waals surface area contributed by atoms with Crippen LogP contribution in [-0.2, 0) is 62.1 Å². The van der Waals surface area contributed by atoms with Crippen molar-refractivity contribution in [3.8, 4) is 0 Å². The van der Waals surface area contributed by atoms with Crippen molar-refractivity contribution in [2.45, 2.75) is 238 Å². The lowest BCUT2D eigenvalue weighted by Gasteiger charge is -2.42. The maximum absolute atomic E-state index is 12.5. The summed E-state index contributed by atoms with van der Waals surface area (Å²) in [6.07, 6.45) is 12.1. The molecule has 6 aromatic rings. The van der Waals surface area contributed by atoms with E-state index in [1.807, 2.05) is 72.2 Å². The number of carbonyl (C=O) groups excluding carboxylic acids is 9. The van der Waals surface area contributed by atoms with Gasteiger partial charge in [-0.25, -0.2) is 0 Å². The SMILES string of the molecule is CC(=O)N(C)C1CC(c2ccccc2C)CC(N(C)C(C)=O)C1.CC(=O)N(C)C1CC(c2ccccc2C)CC(c2ccccc2C)C1.CC(=O)OC1CC(OC(C)=O)CC(c2ccccc2C)C1.COC(=O)C1CC(C(=O)OC)CC(c2ccccc2C)C1.Cc1ccccc1C1CC(C(=O)N(C)C)CC(C(=O)N(C)C)C1. The number of carbonyl (C=O) groups is 9. The molecule has 10 unspecified atom stereocenters. The molecule has 5 aliphatic rings. The van der Waals surface area contributed by atoms with E-state index >= 15 is 0 Å². The highest BCUT2D eigenvalue weighted by atomic mass is 16.6. The monoisotopic (exact) mass is 1550 g/mol. The number of esters is 4. The van der Waals surface area contributed by atoms with E-state index in [1.165, 1.54) is 94.8 Å². The van der Waals surface area contributed by atoms with E-state index in [4.69, 9.17) is 18.9 Å². The molecular weight excluding hydrogens is 1420 g/mol. The maximum Gasteiger partial charge on any atom is 0.308 e. The molecule has 10 atom stereocenters. The summed E-state index contributed by atoms with van der Waals surface area (Å²) in [5.41, 5.74) is 15.6. The quantitative estimate of drug-likeness (QED) is 0.0693. The van der Waals surface area contributed by atoms with E-state index in [2.05, 4.69) is 151 Å². The minimum atomic E-state index is -0.285. The lowest BCUT2D eigenvalue weighted by Crippen LogP contribution is -2.48. The van der Waals surface area contributed by atoms with E-state index < -0.39 is 0 Å². The van der Waals surface area contributed by atoms with Crippen LogP contribution in [0.2, 0.25) is 0 Å². The molecule has 0 radical (unpaired) electrons. The molecule has 0 bridgehead atoms. The van der Waals surface area contributed by atoms with Gasteiger partial charge >= 0.3 is 23.9 Å². The molecule has 5 amide bonds. The van der Waals surface area contributed by atoms with Gasteiger partial charge < -0.3 is 43.4 Å². The molecule has 0 N–H and O–H groups in total. The Morgan fingerprint density at radius 3 is 0.735 bits per heavy atom. The van der Waals surface area contributed by atoms with Gasteiger partial charge in [0.15, 0.2) is 0 Å². The number of hydrogen-bond donors (Lipinski definition) is 0. The van der Waals surface area contributed by atoms with Gasteiger partial charge in [-0.15, -0.1) is 0 Å². The minimum absolute atomic E-state index is 0.0720. The van der Waals surface area contributed by atoms with Crippen molar-refractivity contribution in [2.75, 3.05) is 63.6 Å².